The van der Waals surface area contributed by atoms with Gasteiger partial charge in [-0.3, -0.25) is 0 Å². The molecular formula is C12H15N3O2. The smallest absolute Gasteiger partial charge is 0.254 e. The molecule has 1 heterocycles. The van der Waals surface area contributed by atoms with Crippen molar-refractivity contribution in [3.8, 4) is 17.2 Å². The van der Waals surface area contributed by atoms with Crippen LogP contribution >= 0.6 is 0 Å². The third kappa shape index (κ3) is 2.83. The van der Waals surface area contributed by atoms with Gasteiger partial charge in [0.2, 0.25) is 0 Å². The molecule has 0 aliphatic carbocycles. The van der Waals surface area contributed by atoms with Crippen LogP contribution in [0.3, 0.4) is 0 Å². The van der Waals surface area contributed by atoms with Crippen molar-refractivity contribution < 1.29 is 9.26 Å². The number of nitrogens with two attached hydrogens (primary N) is 2. The van der Waals surface area contributed by atoms with E-state index in [-0.39, 0.29) is 0 Å². The predicted molar refractivity (Wildman–Crippen MR) is 64.4 cm³/mol. The van der Waals surface area contributed by atoms with Gasteiger partial charge in [-0.25, -0.2) is 0 Å². The van der Waals surface area contributed by atoms with Crippen molar-refractivity contribution in [2.45, 2.75) is 6.54 Å². The summed E-state index contributed by atoms with van der Waals surface area (Å²) in [7, 11) is 0. The first-order chi connectivity index (χ1) is 8.33. The van der Waals surface area contributed by atoms with Crippen molar-refractivity contribution in [1.82, 2.24) is 5.16 Å². The Kier molecular flexibility index (Phi) is 3.74. The molecule has 0 saturated carbocycles. The van der Waals surface area contributed by atoms with Crippen LogP contribution < -0.4 is 16.2 Å². The quantitative estimate of drug-likeness (QED) is 0.808. The molecule has 1 aromatic carbocycles. The zero-order valence-corrected chi connectivity index (χ0v) is 9.43. The first-order valence-corrected chi connectivity index (χ1v) is 5.42. The van der Waals surface area contributed by atoms with E-state index in [1.165, 1.54) is 0 Å². The second-order valence-electron chi connectivity index (χ2n) is 3.57. The first-order valence-electron chi connectivity index (χ1n) is 5.42. The van der Waals surface area contributed by atoms with Gasteiger partial charge in [0.25, 0.3) is 5.88 Å². The topological polar surface area (TPSA) is 87.3 Å². The molecule has 0 spiro atoms. The summed E-state index contributed by atoms with van der Waals surface area (Å²) in [5.41, 5.74) is 12.9. The molecule has 2 aromatic rings. The molecular weight excluding hydrogens is 218 g/mol. The number of aromatic nitrogens is 1. The Morgan fingerprint density at radius 3 is 2.59 bits per heavy atom. The lowest BCUT2D eigenvalue weighted by Gasteiger charge is -1.98. The standard InChI is InChI=1S/C12H15N3O2/c13-5-6-16-12-7-11(17-15-12)10-3-1-9(8-14)2-4-10/h1-4,7H,5-6,8,13-14H2. The fourth-order valence-corrected chi connectivity index (χ4v) is 1.43. The highest BCUT2D eigenvalue weighted by Crippen LogP contribution is 2.23. The lowest BCUT2D eigenvalue weighted by atomic mass is 10.1. The first kappa shape index (κ1) is 11.6. The van der Waals surface area contributed by atoms with Gasteiger partial charge < -0.3 is 20.7 Å². The maximum Gasteiger partial charge on any atom is 0.254 e. The third-order valence-corrected chi connectivity index (χ3v) is 2.33. The largest absolute Gasteiger partial charge is 0.474 e. The minimum absolute atomic E-state index is 0.429. The van der Waals surface area contributed by atoms with Crippen LogP contribution in [0.25, 0.3) is 11.3 Å². The van der Waals surface area contributed by atoms with E-state index in [1.54, 1.807) is 6.07 Å². The van der Waals surface area contributed by atoms with Gasteiger partial charge in [0.15, 0.2) is 5.76 Å². The molecule has 0 aliphatic heterocycles. The molecule has 0 aliphatic rings. The van der Waals surface area contributed by atoms with Crippen molar-refractivity contribution in [2.24, 2.45) is 11.5 Å². The highest BCUT2D eigenvalue weighted by molar-refractivity contribution is 5.58. The molecule has 0 fully saturated rings. The molecule has 0 amide bonds. The fourth-order valence-electron chi connectivity index (χ4n) is 1.43. The third-order valence-electron chi connectivity index (χ3n) is 2.33. The number of benzene rings is 1. The second kappa shape index (κ2) is 5.47. The van der Waals surface area contributed by atoms with Crippen LogP contribution in [0.5, 0.6) is 5.88 Å². The monoisotopic (exact) mass is 233 g/mol. The van der Waals surface area contributed by atoms with Crippen LogP contribution in [-0.4, -0.2) is 18.3 Å². The molecule has 4 N–H and O–H groups in total. The lowest BCUT2D eigenvalue weighted by Crippen LogP contribution is -2.10. The molecule has 0 saturated heterocycles. The lowest BCUT2D eigenvalue weighted by molar-refractivity contribution is 0.288. The molecule has 17 heavy (non-hydrogen) atoms. The van der Waals surface area contributed by atoms with E-state index in [0.717, 1.165) is 11.1 Å². The van der Waals surface area contributed by atoms with Gasteiger partial charge in [-0.2, -0.15) is 0 Å². The molecule has 0 atom stereocenters. The van der Waals surface area contributed by atoms with Crippen molar-refractivity contribution in [3.05, 3.63) is 35.9 Å². The molecule has 5 nitrogen and oxygen atoms in total. The Morgan fingerprint density at radius 2 is 1.94 bits per heavy atom. The second-order valence-corrected chi connectivity index (χ2v) is 3.57. The molecule has 0 radical (unpaired) electrons. The molecule has 90 valence electrons. The fraction of sp³-hybridized carbons (Fsp3) is 0.250. The van der Waals surface area contributed by atoms with Crippen LogP contribution in [0.1, 0.15) is 5.56 Å². The van der Waals surface area contributed by atoms with Crippen LogP contribution in [0.2, 0.25) is 0 Å². The summed E-state index contributed by atoms with van der Waals surface area (Å²) in [6.07, 6.45) is 0. The Morgan fingerprint density at radius 1 is 1.18 bits per heavy atom. The van der Waals surface area contributed by atoms with E-state index in [2.05, 4.69) is 5.16 Å². The van der Waals surface area contributed by atoms with Crippen molar-refractivity contribution >= 4 is 0 Å². The predicted octanol–water partition coefficient (Wildman–Crippen LogP) is 1.14. The van der Waals surface area contributed by atoms with Crippen molar-refractivity contribution in [3.63, 3.8) is 0 Å². The van der Waals surface area contributed by atoms with E-state index in [0.29, 0.717) is 31.3 Å². The van der Waals surface area contributed by atoms with E-state index in [9.17, 15) is 0 Å². The van der Waals surface area contributed by atoms with Crippen LogP contribution in [0, 0.1) is 0 Å². The minimum atomic E-state index is 0.429. The van der Waals surface area contributed by atoms with E-state index >= 15 is 0 Å². The summed E-state index contributed by atoms with van der Waals surface area (Å²) in [5, 5.41) is 3.80. The SMILES string of the molecule is NCCOc1cc(-c2ccc(CN)cc2)on1. The Labute approximate surface area is 99.3 Å². The highest BCUT2D eigenvalue weighted by Gasteiger charge is 2.07. The normalized spacial score (nSPS) is 10.5. The van der Waals surface area contributed by atoms with Gasteiger partial charge in [-0.15, -0.1) is 0 Å². The van der Waals surface area contributed by atoms with E-state index in [1.807, 2.05) is 24.3 Å². The van der Waals surface area contributed by atoms with Gasteiger partial charge >= 0.3 is 0 Å². The maximum absolute atomic E-state index is 5.53. The summed E-state index contributed by atoms with van der Waals surface area (Å²) in [6, 6.07) is 9.54. The number of hydrogen-bond donors (Lipinski definition) is 2. The number of nitrogens with zero attached hydrogens (tertiary/aromatic N) is 1. The Hall–Kier alpha value is -1.85. The van der Waals surface area contributed by atoms with Crippen molar-refractivity contribution in [2.75, 3.05) is 13.2 Å². The summed E-state index contributed by atoms with van der Waals surface area (Å²) < 4.78 is 10.4. The van der Waals surface area contributed by atoms with Crippen molar-refractivity contribution in [1.29, 1.82) is 0 Å². The summed E-state index contributed by atoms with van der Waals surface area (Å²) in [4.78, 5) is 0. The minimum Gasteiger partial charge on any atom is -0.474 e. The van der Waals surface area contributed by atoms with Gasteiger partial charge in [0.1, 0.15) is 6.61 Å². The average molecular weight is 233 g/mol. The van der Waals surface area contributed by atoms with Crippen LogP contribution in [0.4, 0.5) is 0 Å². The highest BCUT2D eigenvalue weighted by atomic mass is 16.5. The Balaban J connectivity index is 2.12. The summed E-state index contributed by atoms with van der Waals surface area (Å²) in [6.45, 7) is 1.41. The molecule has 0 unspecified atom stereocenters. The zero-order chi connectivity index (χ0) is 12.1. The van der Waals surface area contributed by atoms with Crippen LogP contribution in [0.15, 0.2) is 34.9 Å². The summed E-state index contributed by atoms with van der Waals surface area (Å²) >= 11 is 0. The van der Waals surface area contributed by atoms with Gasteiger partial charge in [-0.1, -0.05) is 24.3 Å². The number of hydrogen-bond acceptors (Lipinski definition) is 5. The maximum atomic E-state index is 5.53. The molecule has 1 aromatic heterocycles. The number of ether oxygens (including phenoxy) is 1. The van der Waals surface area contributed by atoms with Gasteiger partial charge in [0, 0.05) is 24.7 Å². The average Bonchev–Trinajstić information content (AvgIpc) is 2.85. The molecule has 5 heteroatoms. The van der Waals surface area contributed by atoms with E-state index in [4.69, 9.17) is 20.7 Å². The number of rotatable bonds is 5. The van der Waals surface area contributed by atoms with Crippen LogP contribution in [-0.2, 0) is 6.54 Å². The molecule has 0 bridgehead atoms. The van der Waals surface area contributed by atoms with E-state index < -0.39 is 0 Å². The molecule has 2 rings (SSSR count). The van der Waals surface area contributed by atoms with Gasteiger partial charge in [0.05, 0.1) is 0 Å². The summed E-state index contributed by atoms with van der Waals surface area (Å²) in [5.74, 6) is 1.12. The zero-order valence-electron chi connectivity index (χ0n) is 9.43. The Bertz CT molecular complexity index is 465. The van der Waals surface area contributed by atoms with Gasteiger partial charge in [-0.05, 0) is 10.7 Å².